The smallest absolute Gasteiger partial charge is 0.257 e. The number of hydrogen-bond donors (Lipinski definition) is 2. The van der Waals surface area contributed by atoms with E-state index in [0.29, 0.717) is 22.3 Å². The Morgan fingerprint density at radius 3 is 2.79 bits per heavy atom. The number of benzene rings is 3. The van der Waals surface area contributed by atoms with E-state index in [2.05, 4.69) is 9.97 Å². The van der Waals surface area contributed by atoms with Crippen molar-refractivity contribution in [2.45, 2.75) is 12.3 Å². The number of aromatic amines is 1. The van der Waals surface area contributed by atoms with E-state index in [4.69, 9.17) is 0 Å². The maximum Gasteiger partial charge on any atom is 0.257 e. The Morgan fingerprint density at radius 1 is 1.07 bits per heavy atom. The fraction of sp³-hybridized carbons (Fsp3) is 0.0909. The Hall–Kier alpha value is -3.51. The summed E-state index contributed by atoms with van der Waals surface area (Å²) in [5.41, 5.74) is 1.94. The first-order valence-electron chi connectivity index (χ1n) is 8.89. The van der Waals surface area contributed by atoms with Crippen molar-refractivity contribution < 1.29 is 14.3 Å². The zero-order chi connectivity index (χ0) is 19.3. The molecule has 5 rings (SSSR count). The van der Waals surface area contributed by atoms with E-state index in [1.54, 1.807) is 60.9 Å². The summed E-state index contributed by atoms with van der Waals surface area (Å²) >= 11 is 0. The van der Waals surface area contributed by atoms with Gasteiger partial charge in [-0.1, -0.05) is 36.4 Å². The van der Waals surface area contributed by atoms with Crippen LogP contribution in [0.15, 0.2) is 73.1 Å². The van der Waals surface area contributed by atoms with E-state index in [1.165, 1.54) is 17.0 Å². The second-order valence-corrected chi connectivity index (χ2v) is 6.87. The summed E-state index contributed by atoms with van der Waals surface area (Å²) in [6.07, 6.45) is 1.58. The van der Waals surface area contributed by atoms with Crippen molar-refractivity contribution >= 4 is 16.9 Å². The van der Waals surface area contributed by atoms with Crippen molar-refractivity contribution in [1.82, 2.24) is 14.9 Å². The monoisotopic (exact) mass is 373 g/mol. The molecule has 5 nitrogen and oxygen atoms in total. The molecule has 1 unspecified atom stereocenters. The molecular weight excluding hydrogens is 357 g/mol. The van der Waals surface area contributed by atoms with Crippen LogP contribution in [0, 0.1) is 5.82 Å². The van der Waals surface area contributed by atoms with Crippen LogP contribution in [-0.2, 0) is 12.3 Å². The number of nitrogens with one attached hydrogen (secondary N) is 1. The third kappa shape index (κ3) is 2.35. The lowest BCUT2D eigenvalue weighted by molar-refractivity contribution is -0.0542. The molecule has 0 saturated heterocycles. The lowest BCUT2D eigenvalue weighted by Gasteiger charge is -2.35. The van der Waals surface area contributed by atoms with Gasteiger partial charge in [0.05, 0.1) is 17.4 Å². The highest BCUT2D eigenvalue weighted by molar-refractivity contribution is 6.00. The van der Waals surface area contributed by atoms with E-state index in [9.17, 15) is 14.3 Å². The standard InChI is InChI=1S/C22H16FN3O2/c23-16-5-3-4-14(10-16)12-26-21(27)17-6-1-2-7-18(17)22(26,28)15-8-9-19-20(11-15)25-13-24-19/h1-11,13,28H,12H2,(H,24,25). The number of amides is 1. The quantitative estimate of drug-likeness (QED) is 0.577. The molecule has 138 valence electrons. The number of rotatable bonds is 3. The Bertz CT molecular complexity index is 1220. The number of nitrogens with zero attached hydrogens (tertiary/aromatic N) is 2. The van der Waals surface area contributed by atoms with Gasteiger partial charge in [0.15, 0.2) is 5.72 Å². The van der Waals surface area contributed by atoms with E-state index in [0.717, 1.165) is 11.0 Å². The number of imidazole rings is 1. The van der Waals surface area contributed by atoms with Crippen molar-refractivity contribution in [2.75, 3.05) is 0 Å². The van der Waals surface area contributed by atoms with Gasteiger partial charge in [0, 0.05) is 23.2 Å². The number of aromatic nitrogens is 2. The number of hydrogen-bond acceptors (Lipinski definition) is 3. The number of carbonyl (C=O) groups is 1. The van der Waals surface area contributed by atoms with Gasteiger partial charge in [-0.3, -0.25) is 9.69 Å². The molecule has 2 N–H and O–H groups in total. The van der Waals surface area contributed by atoms with E-state index in [-0.39, 0.29) is 18.3 Å². The topological polar surface area (TPSA) is 69.2 Å². The highest BCUT2D eigenvalue weighted by Crippen LogP contribution is 2.43. The van der Waals surface area contributed by atoms with Gasteiger partial charge in [-0.2, -0.15) is 0 Å². The molecule has 1 aliphatic rings. The first-order valence-corrected chi connectivity index (χ1v) is 8.89. The Balaban J connectivity index is 1.69. The largest absolute Gasteiger partial charge is 0.363 e. The predicted molar refractivity (Wildman–Crippen MR) is 102 cm³/mol. The molecule has 0 radical (unpaired) electrons. The van der Waals surface area contributed by atoms with Gasteiger partial charge in [-0.25, -0.2) is 9.37 Å². The van der Waals surface area contributed by atoms with Crippen LogP contribution in [0.25, 0.3) is 11.0 Å². The van der Waals surface area contributed by atoms with Crippen LogP contribution in [-0.4, -0.2) is 25.9 Å². The van der Waals surface area contributed by atoms with Crippen LogP contribution in [0.2, 0.25) is 0 Å². The Morgan fingerprint density at radius 2 is 1.93 bits per heavy atom. The van der Waals surface area contributed by atoms with E-state index in [1.807, 2.05) is 0 Å². The molecule has 0 fully saturated rings. The third-order valence-electron chi connectivity index (χ3n) is 5.22. The second-order valence-electron chi connectivity index (χ2n) is 6.87. The zero-order valence-electron chi connectivity index (χ0n) is 14.8. The van der Waals surface area contributed by atoms with Gasteiger partial charge >= 0.3 is 0 Å². The Labute approximate surface area is 160 Å². The van der Waals surface area contributed by atoms with Crippen molar-refractivity contribution in [3.63, 3.8) is 0 Å². The fourth-order valence-corrected chi connectivity index (χ4v) is 3.88. The molecule has 1 atom stereocenters. The van der Waals surface area contributed by atoms with E-state index >= 15 is 0 Å². The molecule has 0 saturated carbocycles. The predicted octanol–water partition coefficient (Wildman–Crippen LogP) is 3.55. The van der Waals surface area contributed by atoms with Crippen molar-refractivity contribution in [2.24, 2.45) is 0 Å². The maximum absolute atomic E-state index is 13.7. The van der Waals surface area contributed by atoms with Crippen molar-refractivity contribution in [3.8, 4) is 0 Å². The summed E-state index contributed by atoms with van der Waals surface area (Å²) in [6.45, 7) is 0.0722. The molecule has 2 heterocycles. The van der Waals surface area contributed by atoms with Gasteiger partial charge < -0.3 is 10.1 Å². The number of aliphatic hydroxyl groups is 1. The molecule has 0 bridgehead atoms. The summed E-state index contributed by atoms with van der Waals surface area (Å²) in [4.78, 5) is 21.8. The molecule has 1 aromatic heterocycles. The maximum atomic E-state index is 13.7. The average Bonchev–Trinajstić information content (AvgIpc) is 3.26. The summed E-state index contributed by atoms with van der Waals surface area (Å²) < 4.78 is 13.7. The molecule has 3 aromatic carbocycles. The number of fused-ring (bicyclic) bond motifs is 2. The van der Waals surface area contributed by atoms with Gasteiger partial charge in [-0.15, -0.1) is 0 Å². The molecule has 1 amide bonds. The summed E-state index contributed by atoms with van der Waals surface area (Å²) in [5, 5.41) is 11.8. The minimum absolute atomic E-state index is 0.0722. The molecule has 4 aromatic rings. The minimum Gasteiger partial charge on any atom is -0.363 e. The SMILES string of the molecule is O=C1c2ccccc2C(O)(c2ccc3nc[nH]c3c2)N1Cc1cccc(F)c1. The van der Waals surface area contributed by atoms with Crippen LogP contribution >= 0.6 is 0 Å². The van der Waals surface area contributed by atoms with Crippen LogP contribution < -0.4 is 0 Å². The van der Waals surface area contributed by atoms with Crippen LogP contribution in [0.5, 0.6) is 0 Å². The highest BCUT2D eigenvalue weighted by atomic mass is 19.1. The van der Waals surface area contributed by atoms with Crippen LogP contribution in [0.1, 0.15) is 27.0 Å². The van der Waals surface area contributed by atoms with E-state index < -0.39 is 5.72 Å². The van der Waals surface area contributed by atoms with Crippen LogP contribution in [0.3, 0.4) is 0 Å². The number of H-pyrrole nitrogens is 1. The summed E-state index contributed by atoms with van der Waals surface area (Å²) in [6, 6.07) is 18.4. The lowest BCUT2D eigenvalue weighted by Crippen LogP contribution is -2.44. The van der Waals surface area contributed by atoms with Crippen LogP contribution in [0.4, 0.5) is 4.39 Å². The third-order valence-corrected chi connectivity index (χ3v) is 5.22. The molecule has 0 aliphatic carbocycles. The van der Waals surface area contributed by atoms with Gasteiger partial charge in [0.2, 0.25) is 0 Å². The summed E-state index contributed by atoms with van der Waals surface area (Å²) in [7, 11) is 0. The highest BCUT2D eigenvalue weighted by Gasteiger charge is 2.49. The first kappa shape index (κ1) is 16.6. The van der Waals surface area contributed by atoms with Gasteiger partial charge in [-0.05, 0) is 35.9 Å². The second kappa shape index (κ2) is 6.00. The normalized spacial score (nSPS) is 18.6. The van der Waals surface area contributed by atoms with Crippen molar-refractivity contribution in [3.05, 3.63) is 101 Å². The summed E-state index contributed by atoms with van der Waals surface area (Å²) in [5.74, 6) is -0.684. The molecule has 1 aliphatic heterocycles. The zero-order valence-corrected chi connectivity index (χ0v) is 14.8. The first-order chi connectivity index (χ1) is 13.6. The Kier molecular flexibility index (Phi) is 3.57. The number of halogens is 1. The lowest BCUT2D eigenvalue weighted by atomic mass is 9.93. The molecular formula is C22H16FN3O2. The molecule has 28 heavy (non-hydrogen) atoms. The fourth-order valence-electron chi connectivity index (χ4n) is 3.88. The molecule has 6 heteroatoms. The minimum atomic E-state index is -1.67. The number of carbonyl (C=O) groups excluding carboxylic acids is 1. The molecule has 0 spiro atoms. The van der Waals surface area contributed by atoms with Gasteiger partial charge in [0.25, 0.3) is 5.91 Å². The average molecular weight is 373 g/mol. The van der Waals surface area contributed by atoms with Gasteiger partial charge in [0.1, 0.15) is 5.82 Å². The van der Waals surface area contributed by atoms with Crippen molar-refractivity contribution in [1.29, 1.82) is 0 Å².